The number of β-amino-alcohol motifs (C(OH)–C–C–N with tert-alkyl or cyclic N) is 1. The number of hydrogen-bond acceptors (Lipinski definition) is 12. The van der Waals surface area contributed by atoms with Crippen molar-refractivity contribution in [2.24, 2.45) is 10.8 Å². The first-order chi connectivity index (χ1) is 34.6. The van der Waals surface area contributed by atoms with Crippen LogP contribution in [0.5, 0.6) is 11.8 Å². The van der Waals surface area contributed by atoms with Crippen LogP contribution in [-0.2, 0) is 16.0 Å². The Balaban J connectivity index is 0.722. The second kappa shape index (κ2) is 19.0. The van der Waals surface area contributed by atoms with E-state index in [4.69, 9.17) is 14.7 Å². The molecule has 2 amide bonds. The summed E-state index contributed by atoms with van der Waals surface area (Å²) in [6.07, 6.45) is 12.3. The van der Waals surface area contributed by atoms with Crippen molar-refractivity contribution < 1.29 is 42.1 Å². The second-order valence-corrected chi connectivity index (χ2v) is 22.2. The number of pyridine rings is 1. The highest BCUT2D eigenvalue weighted by Gasteiger charge is 2.47. The third kappa shape index (κ3) is 9.45. The van der Waals surface area contributed by atoms with Gasteiger partial charge in [0.15, 0.2) is 5.82 Å². The molecule has 3 aromatic carbocycles. The number of piperazine rings is 1. The number of ether oxygens (including phenoxy) is 1. The molecule has 4 saturated heterocycles. The maximum atomic E-state index is 17.2. The highest BCUT2D eigenvalue weighted by Crippen LogP contribution is 2.50. The molecule has 13 nitrogen and oxygen atoms in total. The molecule has 4 aliphatic heterocycles. The average Bonchev–Trinajstić information content (AvgIpc) is 4.13. The first-order valence-corrected chi connectivity index (χ1v) is 26.0. The molecule has 6 aliphatic rings. The Labute approximate surface area is 416 Å². The van der Waals surface area contributed by atoms with Crippen molar-refractivity contribution in [2.45, 2.75) is 115 Å². The molecule has 72 heavy (non-hydrogen) atoms. The van der Waals surface area contributed by atoms with Crippen LogP contribution in [-0.4, -0.2) is 124 Å². The van der Waals surface area contributed by atoms with Crippen molar-refractivity contribution in [1.82, 2.24) is 30.1 Å². The number of benzene rings is 3. The number of aromatic hydroxyl groups is 1. The molecule has 3 N–H and O–H groups in total. The van der Waals surface area contributed by atoms with E-state index in [2.05, 4.69) is 20.1 Å². The number of aryl methyl sites for hydroxylation is 1. The smallest absolute Gasteiger partial charge is 0.319 e. The fourth-order valence-electron chi connectivity index (χ4n) is 12.8. The molecule has 2 aliphatic carbocycles. The van der Waals surface area contributed by atoms with Crippen molar-refractivity contribution in [2.75, 3.05) is 75.3 Å². The van der Waals surface area contributed by atoms with Gasteiger partial charge in [-0.05, 0) is 149 Å². The van der Waals surface area contributed by atoms with Gasteiger partial charge in [0.05, 0.1) is 23.5 Å². The summed E-state index contributed by atoms with van der Waals surface area (Å²) in [4.78, 5) is 47.2. The van der Waals surface area contributed by atoms with E-state index in [1.807, 2.05) is 16.7 Å². The van der Waals surface area contributed by atoms with E-state index >= 15 is 17.6 Å². The standard InChI is InChI=1S/C55H64F4N8O5/c1-3-37-41(56)7-5-33-25-36(68)28-39(45(33)37)48-47(59)49-40(29-60-48)50(67-18-4-11-53(2,71)30-67)63-52(62-49)72-32-55(14-15-55)31-64-19-16-54(17-20-64)12-9-34(10-13-54)65-21-23-66(24-22-65)35-26-42(57)46(43(58)27-35)38-6-8-44(69)61-51(38)70/h5,7,25-29,34,38,68,71H,3-4,6,8-24,30-32H2,1-2H3,(H,61,69,70)/t38?,53-/m1/s1. The SMILES string of the molecule is CCc1c(F)ccc2cc(O)cc(-c3ncc4c(N5CCC[C@@](C)(O)C5)nc(OCC5(CN6CCC7(CCC(N8CCN(c9cc(F)c(C%10CCC(=O)NC%10=O)c(F)c9)CC8)CC7)CC6)CC5)nc4c3F)c12. The van der Waals surface area contributed by atoms with Crippen molar-refractivity contribution in [3.05, 3.63) is 77.0 Å². The average molecular weight is 993 g/mol. The van der Waals surface area contributed by atoms with Crippen LogP contribution in [0, 0.1) is 34.1 Å². The minimum Gasteiger partial charge on any atom is -0.508 e. The number of rotatable bonds is 11. The summed E-state index contributed by atoms with van der Waals surface area (Å²) in [7, 11) is 0. The molecule has 0 radical (unpaired) electrons. The molecular weight excluding hydrogens is 929 g/mol. The highest BCUT2D eigenvalue weighted by molar-refractivity contribution is 6.02. The Morgan fingerprint density at radius 1 is 0.833 bits per heavy atom. The number of nitrogens with zero attached hydrogens (tertiary/aromatic N) is 7. The van der Waals surface area contributed by atoms with Gasteiger partial charge in [0, 0.05) is 86.7 Å². The van der Waals surface area contributed by atoms with Crippen molar-refractivity contribution >= 4 is 45.0 Å². The number of aromatic nitrogens is 3. The third-order valence-corrected chi connectivity index (χ3v) is 17.2. The number of hydrogen-bond donors (Lipinski definition) is 3. The predicted molar refractivity (Wildman–Crippen MR) is 266 cm³/mol. The number of likely N-dealkylation sites (tertiary alicyclic amines) is 1. The van der Waals surface area contributed by atoms with Gasteiger partial charge in [0.2, 0.25) is 11.8 Å². The number of phenols is 1. The van der Waals surface area contributed by atoms with Crippen molar-refractivity contribution in [1.29, 1.82) is 0 Å². The highest BCUT2D eigenvalue weighted by atomic mass is 19.1. The van der Waals surface area contributed by atoms with Crippen molar-refractivity contribution in [3.63, 3.8) is 0 Å². The van der Waals surface area contributed by atoms with E-state index in [9.17, 15) is 19.8 Å². The van der Waals surface area contributed by atoms with Gasteiger partial charge in [-0.15, -0.1) is 0 Å². The molecule has 1 unspecified atom stereocenters. The number of fused-ring (bicyclic) bond motifs is 2. The maximum Gasteiger partial charge on any atom is 0.319 e. The molecule has 6 fully saturated rings. The number of aliphatic hydroxyl groups is 1. The van der Waals surface area contributed by atoms with Gasteiger partial charge in [0.25, 0.3) is 0 Å². The summed E-state index contributed by atoms with van der Waals surface area (Å²) < 4.78 is 69.5. The zero-order chi connectivity index (χ0) is 50.1. The van der Waals surface area contributed by atoms with E-state index in [1.54, 1.807) is 13.0 Å². The molecule has 17 heteroatoms. The molecule has 2 aromatic heterocycles. The minimum absolute atomic E-state index is 0.00309. The number of halogens is 4. The third-order valence-electron chi connectivity index (χ3n) is 17.2. The summed E-state index contributed by atoms with van der Waals surface area (Å²) in [5, 5.41) is 25.5. The molecular formula is C55H64F4N8O5. The summed E-state index contributed by atoms with van der Waals surface area (Å²) in [6.45, 7) is 10.7. The first-order valence-electron chi connectivity index (χ1n) is 26.0. The zero-order valence-corrected chi connectivity index (χ0v) is 41.2. The first kappa shape index (κ1) is 48.6. The van der Waals surface area contributed by atoms with Gasteiger partial charge < -0.3 is 29.6 Å². The van der Waals surface area contributed by atoms with Crippen molar-refractivity contribution in [3.8, 4) is 23.0 Å². The largest absolute Gasteiger partial charge is 0.508 e. The summed E-state index contributed by atoms with van der Waals surface area (Å²) >= 11 is 0. The number of anilines is 2. The van der Waals surface area contributed by atoms with E-state index in [0.29, 0.717) is 90.2 Å². The van der Waals surface area contributed by atoms with Crippen LogP contribution in [0.2, 0.25) is 0 Å². The topological polar surface area (TPSA) is 147 Å². The molecule has 11 rings (SSSR count). The zero-order valence-electron chi connectivity index (χ0n) is 41.2. The van der Waals surface area contributed by atoms with Crippen LogP contribution < -0.4 is 19.9 Å². The predicted octanol–water partition coefficient (Wildman–Crippen LogP) is 8.55. The number of nitrogens with one attached hydrogen (secondary N) is 1. The Bertz CT molecular complexity index is 2900. The minimum atomic E-state index is -1.01. The van der Waals surface area contributed by atoms with Gasteiger partial charge in [-0.3, -0.25) is 24.8 Å². The summed E-state index contributed by atoms with van der Waals surface area (Å²) in [5.41, 5.74) is 0.0873. The number of carbonyl (C=O) groups excluding carboxylic acids is 2. The monoisotopic (exact) mass is 992 g/mol. The Kier molecular flexibility index (Phi) is 12.8. The van der Waals surface area contributed by atoms with Crippen LogP contribution in [0.4, 0.5) is 29.1 Å². The molecule has 2 atom stereocenters. The van der Waals surface area contributed by atoms with E-state index in [0.717, 1.165) is 71.2 Å². The number of carbonyl (C=O) groups is 2. The summed E-state index contributed by atoms with van der Waals surface area (Å²) in [5.74, 6) is -4.41. The lowest BCUT2D eigenvalue weighted by molar-refractivity contribution is -0.134. The van der Waals surface area contributed by atoms with E-state index in [-0.39, 0.29) is 58.9 Å². The molecule has 5 aromatic rings. The van der Waals surface area contributed by atoms with Gasteiger partial charge >= 0.3 is 6.01 Å². The second-order valence-electron chi connectivity index (χ2n) is 22.2. The van der Waals surface area contributed by atoms with E-state index in [1.165, 1.54) is 49.4 Å². The summed E-state index contributed by atoms with van der Waals surface area (Å²) in [6, 6.07) is 9.07. The Morgan fingerprint density at radius 3 is 2.25 bits per heavy atom. The fourth-order valence-corrected chi connectivity index (χ4v) is 12.8. The lowest BCUT2D eigenvalue weighted by Gasteiger charge is -2.49. The van der Waals surface area contributed by atoms with Gasteiger partial charge in [0.1, 0.15) is 40.2 Å². The van der Waals surface area contributed by atoms with Crippen LogP contribution in [0.3, 0.4) is 0 Å². The van der Waals surface area contributed by atoms with Gasteiger partial charge in [-0.25, -0.2) is 17.6 Å². The molecule has 2 saturated carbocycles. The quantitative estimate of drug-likeness (QED) is 0.0861. The maximum absolute atomic E-state index is 17.2. The Morgan fingerprint density at radius 2 is 1.57 bits per heavy atom. The number of imide groups is 1. The number of amides is 2. The molecule has 382 valence electrons. The number of piperidine rings is 3. The van der Waals surface area contributed by atoms with Crippen LogP contribution in [0.15, 0.2) is 42.6 Å². The fraction of sp³-hybridized carbons (Fsp3) is 0.545. The Hall–Kier alpha value is -5.65. The van der Waals surface area contributed by atoms with Crippen LogP contribution >= 0.6 is 0 Å². The van der Waals surface area contributed by atoms with Gasteiger partial charge in [-0.2, -0.15) is 9.97 Å². The normalized spacial score (nSPS) is 24.1. The molecule has 1 spiro atoms. The lowest BCUT2D eigenvalue weighted by atomic mass is 9.66. The molecule has 0 bridgehead atoms. The molecule has 6 heterocycles. The number of phenolic OH excluding ortho intramolecular Hbond substituents is 1. The van der Waals surface area contributed by atoms with Gasteiger partial charge in [-0.1, -0.05) is 13.0 Å². The van der Waals surface area contributed by atoms with Crippen LogP contribution in [0.25, 0.3) is 32.9 Å². The lowest BCUT2D eigenvalue weighted by Crippen LogP contribution is -2.52. The van der Waals surface area contributed by atoms with E-state index < -0.39 is 46.6 Å². The van der Waals surface area contributed by atoms with Crippen LogP contribution in [0.1, 0.15) is 108 Å².